The van der Waals surface area contributed by atoms with E-state index in [1.165, 1.54) is 6.42 Å². The van der Waals surface area contributed by atoms with Crippen LogP contribution in [0.2, 0.25) is 0 Å². The minimum Gasteiger partial charge on any atom is -0.381 e. The molecular weight excluding hydrogens is 178 g/mol. The Morgan fingerprint density at radius 2 is 2.57 bits per heavy atom. The molecule has 1 aromatic rings. The summed E-state index contributed by atoms with van der Waals surface area (Å²) in [5.74, 6) is 1.60. The van der Waals surface area contributed by atoms with Crippen molar-refractivity contribution in [3.63, 3.8) is 0 Å². The fraction of sp³-hybridized carbons (Fsp3) is 0.700. The lowest BCUT2D eigenvalue weighted by atomic mass is 10.1. The first-order chi connectivity index (χ1) is 6.79. The summed E-state index contributed by atoms with van der Waals surface area (Å²) in [5, 5.41) is 3.10. The third kappa shape index (κ3) is 1.90. The zero-order valence-electron chi connectivity index (χ0n) is 8.79. The zero-order chi connectivity index (χ0) is 9.97. The van der Waals surface area contributed by atoms with Crippen LogP contribution in [0.5, 0.6) is 0 Å². The number of nitrogens with zero attached hydrogens (tertiary/aromatic N) is 2. The predicted molar refractivity (Wildman–Crippen MR) is 55.4 cm³/mol. The number of aromatic nitrogens is 2. The Hall–Kier alpha value is -1.03. The van der Waals surface area contributed by atoms with Crippen LogP contribution in [-0.4, -0.2) is 29.8 Å². The van der Waals surface area contributed by atoms with Gasteiger partial charge in [-0.2, -0.15) is 0 Å². The van der Waals surface area contributed by atoms with Crippen molar-refractivity contribution in [2.75, 3.05) is 25.6 Å². The number of imidazole rings is 1. The molecule has 2 heterocycles. The summed E-state index contributed by atoms with van der Waals surface area (Å²) < 4.78 is 7.53. The van der Waals surface area contributed by atoms with Gasteiger partial charge in [0.2, 0.25) is 5.95 Å². The van der Waals surface area contributed by atoms with Gasteiger partial charge in [0.15, 0.2) is 0 Å². The number of nitrogens with one attached hydrogen (secondary N) is 1. The maximum absolute atomic E-state index is 5.36. The number of anilines is 1. The summed E-state index contributed by atoms with van der Waals surface area (Å²) in [4.78, 5) is 4.38. The van der Waals surface area contributed by atoms with Crippen molar-refractivity contribution in [1.29, 1.82) is 0 Å². The molecule has 14 heavy (non-hydrogen) atoms. The summed E-state index contributed by atoms with van der Waals surface area (Å²) >= 11 is 0. The number of hydrogen-bond acceptors (Lipinski definition) is 3. The van der Waals surface area contributed by atoms with Gasteiger partial charge in [-0.05, 0) is 13.3 Å². The van der Waals surface area contributed by atoms with Crippen LogP contribution in [-0.2, 0) is 11.3 Å². The molecule has 1 aliphatic heterocycles. The van der Waals surface area contributed by atoms with Gasteiger partial charge in [-0.1, -0.05) is 0 Å². The number of aryl methyl sites for hydroxylation is 1. The topological polar surface area (TPSA) is 39.1 Å². The van der Waals surface area contributed by atoms with Gasteiger partial charge in [-0.3, -0.25) is 0 Å². The molecule has 0 amide bonds. The smallest absolute Gasteiger partial charge is 0.202 e. The Labute approximate surface area is 84.3 Å². The highest BCUT2D eigenvalue weighted by molar-refractivity contribution is 5.27. The van der Waals surface area contributed by atoms with Crippen LogP contribution in [0.15, 0.2) is 6.20 Å². The van der Waals surface area contributed by atoms with Gasteiger partial charge in [-0.25, -0.2) is 4.98 Å². The van der Waals surface area contributed by atoms with Gasteiger partial charge < -0.3 is 14.6 Å². The molecule has 0 aliphatic carbocycles. The highest BCUT2D eigenvalue weighted by Gasteiger charge is 2.17. The minimum absolute atomic E-state index is 0.649. The first-order valence-corrected chi connectivity index (χ1v) is 5.09. The third-order valence-corrected chi connectivity index (χ3v) is 2.60. The Morgan fingerprint density at radius 3 is 3.21 bits per heavy atom. The third-order valence-electron chi connectivity index (χ3n) is 2.60. The number of ether oxygens (including phenoxy) is 1. The second-order valence-electron chi connectivity index (χ2n) is 3.84. The summed E-state index contributed by atoms with van der Waals surface area (Å²) in [6, 6.07) is 0. The van der Waals surface area contributed by atoms with Crippen LogP contribution in [0.3, 0.4) is 0 Å². The fourth-order valence-corrected chi connectivity index (χ4v) is 1.89. The van der Waals surface area contributed by atoms with Gasteiger partial charge in [-0.15, -0.1) is 0 Å². The molecular formula is C10H17N3O. The van der Waals surface area contributed by atoms with Gasteiger partial charge in [0.1, 0.15) is 0 Å². The average Bonchev–Trinajstić information content (AvgIpc) is 2.76. The Morgan fingerprint density at radius 1 is 1.71 bits per heavy atom. The molecule has 1 aromatic heterocycles. The van der Waals surface area contributed by atoms with E-state index in [0.29, 0.717) is 5.92 Å². The van der Waals surface area contributed by atoms with E-state index in [4.69, 9.17) is 4.74 Å². The lowest BCUT2D eigenvalue weighted by Crippen LogP contribution is -2.12. The molecule has 4 heteroatoms. The molecule has 2 rings (SSSR count). The Balaban J connectivity index is 2.06. The Bertz CT molecular complexity index is 302. The molecule has 1 atom stereocenters. The highest BCUT2D eigenvalue weighted by Crippen LogP contribution is 2.17. The molecule has 0 radical (unpaired) electrons. The molecule has 0 saturated carbocycles. The lowest BCUT2D eigenvalue weighted by Gasteiger charge is -2.10. The predicted octanol–water partition coefficient (Wildman–Crippen LogP) is 1.27. The standard InChI is InChI=1S/C10H17N3O/c1-8-5-13(10(11-2)12-8)6-9-3-4-14-7-9/h5,9H,3-4,6-7H2,1-2H3,(H,11,12). The van der Waals surface area contributed by atoms with Crippen molar-refractivity contribution in [3.8, 4) is 0 Å². The van der Waals surface area contributed by atoms with E-state index in [9.17, 15) is 0 Å². The van der Waals surface area contributed by atoms with Crippen molar-refractivity contribution in [2.24, 2.45) is 5.92 Å². The minimum atomic E-state index is 0.649. The van der Waals surface area contributed by atoms with E-state index >= 15 is 0 Å². The molecule has 0 bridgehead atoms. The summed E-state index contributed by atoms with van der Waals surface area (Å²) in [5.41, 5.74) is 1.06. The van der Waals surface area contributed by atoms with E-state index in [2.05, 4.69) is 21.1 Å². The van der Waals surface area contributed by atoms with Crippen LogP contribution < -0.4 is 5.32 Å². The molecule has 1 aliphatic rings. The van der Waals surface area contributed by atoms with E-state index in [-0.39, 0.29) is 0 Å². The van der Waals surface area contributed by atoms with Crippen LogP contribution in [0.4, 0.5) is 5.95 Å². The van der Waals surface area contributed by atoms with Gasteiger partial charge in [0.05, 0.1) is 12.3 Å². The number of hydrogen-bond donors (Lipinski definition) is 1. The van der Waals surface area contributed by atoms with E-state index in [1.54, 1.807) is 0 Å². The van der Waals surface area contributed by atoms with Crippen LogP contribution >= 0.6 is 0 Å². The molecule has 1 N–H and O–H groups in total. The van der Waals surface area contributed by atoms with Gasteiger partial charge in [0.25, 0.3) is 0 Å². The zero-order valence-corrected chi connectivity index (χ0v) is 8.79. The lowest BCUT2D eigenvalue weighted by molar-refractivity contribution is 0.182. The summed E-state index contributed by atoms with van der Waals surface area (Å²) in [6.07, 6.45) is 3.25. The van der Waals surface area contributed by atoms with Gasteiger partial charge >= 0.3 is 0 Å². The molecule has 4 nitrogen and oxygen atoms in total. The van der Waals surface area contributed by atoms with Crippen LogP contribution in [0, 0.1) is 12.8 Å². The highest BCUT2D eigenvalue weighted by atomic mass is 16.5. The van der Waals surface area contributed by atoms with E-state index in [0.717, 1.165) is 31.4 Å². The molecule has 0 aromatic carbocycles. The summed E-state index contributed by atoms with van der Waals surface area (Å²) in [7, 11) is 1.91. The first kappa shape index (κ1) is 9.52. The quantitative estimate of drug-likeness (QED) is 0.789. The second-order valence-corrected chi connectivity index (χ2v) is 3.84. The first-order valence-electron chi connectivity index (χ1n) is 5.09. The molecule has 78 valence electrons. The second kappa shape index (κ2) is 4.00. The SMILES string of the molecule is CNc1nc(C)cn1CC1CCOC1. The van der Waals surface area contributed by atoms with Crippen molar-refractivity contribution in [2.45, 2.75) is 19.9 Å². The maximum Gasteiger partial charge on any atom is 0.202 e. The largest absolute Gasteiger partial charge is 0.381 e. The van der Waals surface area contributed by atoms with E-state index < -0.39 is 0 Å². The van der Waals surface area contributed by atoms with Crippen LogP contribution in [0.1, 0.15) is 12.1 Å². The monoisotopic (exact) mass is 195 g/mol. The van der Waals surface area contributed by atoms with E-state index in [1.807, 2.05) is 14.0 Å². The molecule has 1 unspecified atom stereocenters. The number of rotatable bonds is 3. The maximum atomic E-state index is 5.36. The summed E-state index contributed by atoms with van der Waals surface area (Å²) in [6.45, 7) is 4.83. The molecule has 0 spiro atoms. The molecule has 1 fully saturated rings. The Kier molecular flexibility index (Phi) is 2.72. The van der Waals surface area contributed by atoms with Crippen molar-refractivity contribution in [3.05, 3.63) is 11.9 Å². The normalized spacial score (nSPS) is 21.4. The van der Waals surface area contributed by atoms with Crippen molar-refractivity contribution < 1.29 is 4.74 Å². The van der Waals surface area contributed by atoms with Crippen molar-refractivity contribution >= 4 is 5.95 Å². The fourth-order valence-electron chi connectivity index (χ4n) is 1.89. The van der Waals surface area contributed by atoms with Crippen molar-refractivity contribution in [1.82, 2.24) is 9.55 Å². The molecule has 1 saturated heterocycles. The van der Waals surface area contributed by atoms with Crippen LogP contribution in [0.25, 0.3) is 0 Å². The average molecular weight is 195 g/mol. The van der Waals surface area contributed by atoms with Gasteiger partial charge in [0, 0.05) is 32.3 Å².